The number of amides is 1. The molecule has 5 heteroatoms. The van der Waals surface area contributed by atoms with Gasteiger partial charge in [0.15, 0.2) is 0 Å². The van der Waals surface area contributed by atoms with Crippen LogP contribution >= 0.6 is 11.6 Å². The minimum Gasteiger partial charge on any atom is -0.348 e. The maximum absolute atomic E-state index is 11.7. The third kappa shape index (κ3) is 3.07. The first kappa shape index (κ1) is 11.7. The molecule has 0 radical (unpaired) electrons. The molecular weight excluding hydrogens is 238 g/mol. The summed E-state index contributed by atoms with van der Waals surface area (Å²) in [6, 6.07) is 5.36. The highest BCUT2D eigenvalue weighted by Crippen LogP contribution is 2.19. The van der Waals surface area contributed by atoms with Crippen molar-refractivity contribution in [3.63, 3.8) is 0 Å². The average Bonchev–Trinajstić information content (AvgIpc) is 2.75. The molecule has 0 aliphatic heterocycles. The monoisotopic (exact) mass is 249 g/mol. The normalized spacial score (nSPS) is 10.2. The van der Waals surface area contributed by atoms with Gasteiger partial charge < -0.3 is 10.3 Å². The molecule has 1 aromatic heterocycles. The number of aromatic nitrogens is 2. The Morgan fingerprint density at radius 2 is 2.35 bits per heavy atom. The Hall–Kier alpha value is -1.81. The van der Waals surface area contributed by atoms with Gasteiger partial charge in [-0.05, 0) is 30.7 Å². The molecule has 1 aromatic carbocycles. The molecule has 0 aliphatic rings. The zero-order valence-electron chi connectivity index (χ0n) is 9.33. The molecule has 2 aromatic rings. The van der Waals surface area contributed by atoms with Crippen LogP contribution in [0.3, 0.4) is 0 Å². The zero-order chi connectivity index (χ0) is 12.3. The van der Waals surface area contributed by atoms with Crippen LogP contribution in [0.4, 0.5) is 5.69 Å². The second-order valence-electron chi connectivity index (χ2n) is 3.76. The smallest absolute Gasteiger partial charge is 0.230 e. The summed E-state index contributed by atoms with van der Waals surface area (Å²) >= 11 is 5.84. The van der Waals surface area contributed by atoms with Crippen molar-refractivity contribution in [2.75, 3.05) is 5.32 Å². The van der Waals surface area contributed by atoms with E-state index >= 15 is 0 Å². The highest BCUT2D eigenvalue weighted by molar-refractivity contribution is 6.30. The van der Waals surface area contributed by atoms with Crippen LogP contribution in [-0.4, -0.2) is 15.9 Å². The highest BCUT2D eigenvalue weighted by atomic mass is 35.5. The lowest BCUT2D eigenvalue weighted by Gasteiger charge is -2.07. The molecule has 2 N–H and O–H groups in total. The van der Waals surface area contributed by atoms with Gasteiger partial charge in [-0.1, -0.05) is 11.6 Å². The predicted octanol–water partition coefficient (Wildman–Crippen LogP) is 2.55. The van der Waals surface area contributed by atoms with Gasteiger partial charge in [-0.3, -0.25) is 4.79 Å². The minimum absolute atomic E-state index is 0.0836. The number of carbonyl (C=O) groups excluding carboxylic acids is 1. The van der Waals surface area contributed by atoms with Gasteiger partial charge >= 0.3 is 0 Å². The molecule has 0 saturated carbocycles. The highest BCUT2D eigenvalue weighted by Gasteiger charge is 2.06. The number of halogens is 1. The van der Waals surface area contributed by atoms with Gasteiger partial charge in [0.05, 0.1) is 12.7 Å². The van der Waals surface area contributed by atoms with Gasteiger partial charge in [-0.15, -0.1) is 0 Å². The van der Waals surface area contributed by atoms with Crippen LogP contribution in [0.1, 0.15) is 11.3 Å². The van der Waals surface area contributed by atoms with Crippen molar-refractivity contribution in [3.05, 3.63) is 47.0 Å². The van der Waals surface area contributed by atoms with Crippen LogP contribution in [0.15, 0.2) is 30.7 Å². The molecule has 0 spiro atoms. The molecule has 88 valence electrons. The van der Waals surface area contributed by atoms with Crippen LogP contribution < -0.4 is 5.32 Å². The Morgan fingerprint density at radius 3 is 3.00 bits per heavy atom. The maximum atomic E-state index is 11.7. The minimum atomic E-state index is -0.0836. The summed E-state index contributed by atoms with van der Waals surface area (Å²) in [4.78, 5) is 18.5. The number of nitrogens with zero attached hydrogens (tertiary/aromatic N) is 1. The quantitative estimate of drug-likeness (QED) is 0.878. The molecule has 1 heterocycles. The maximum Gasteiger partial charge on any atom is 0.230 e. The van der Waals surface area contributed by atoms with Gasteiger partial charge in [-0.2, -0.15) is 0 Å². The number of anilines is 1. The van der Waals surface area contributed by atoms with Crippen LogP contribution in [0, 0.1) is 6.92 Å². The van der Waals surface area contributed by atoms with Crippen molar-refractivity contribution >= 4 is 23.2 Å². The molecule has 17 heavy (non-hydrogen) atoms. The topological polar surface area (TPSA) is 57.8 Å². The van der Waals surface area contributed by atoms with Crippen molar-refractivity contribution in [1.82, 2.24) is 9.97 Å². The molecule has 0 unspecified atom stereocenters. The summed E-state index contributed by atoms with van der Waals surface area (Å²) < 4.78 is 0. The molecule has 0 bridgehead atoms. The van der Waals surface area contributed by atoms with E-state index in [1.54, 1.807) is 24.7 Å². The van der Waals surface area contributed by atoms with Gasteiger partial charge in [0.2, 0.25) is 5.91 Å². The van der Waals surface area contributed by atoms with E-state index in [-0.39, 0.29) is 12.3 Å². The van der Waals surface area contributed by atoms with Crippen molar-refractivity contribution in [2.45, 2.75) is 13.3 Å². The van der Waals surface area contributed by atoms with Crippen LogP contribution in [0.5, 0.6) is 0 Å². The first-order chi connectivity index (χ1) is 8.15. The Kier molecular flexibility index (Phi) is 3.44. The Bertz CT molecular complexity index is 523. The fourth-order valence-corrected chi connectivity index (χ4v) is 1.74. The second-order valence-corrected chi connectivity index (χ2v) is 4.20. The van der Waals surface area contributed by atoms with E-state index in [1.165, 1.54) is 0 Å². The van der Waals surface area contributed by atoms with E-state index in [0.717, 1.165) is 16.9 Å². The van der Waals surface area contributed by atoms with Gasteiger partial charge in [0.1, 0.15) is 0 Å². The predicted molar refractivity (Wildman–Crippen MR) is 67.1 cm³/mol. The Morgan fingerprint density at radius 1 is 1.53 bits per heavy atom. The first-order valence-electron chi connectivity index (χ1n) is 5.18. The largest absolute Gasteiger partial charge is 0.348 e. The first-order valence-corrected chi connectivity index (χ1v) is 5.56. The van der Waals surface area contributed by atoms with Crippen molar-refractivity contribution < 1.29 is 4.79 Å². The molecule has 0 aliphatic carbocycles. The second kappa shape index (κ2) is 5.01. The van der Waals surface area contributed by atoms with E-state index in [9.17, 15) is 4.79 Å². The van der Waals surface area contributed by atoms with Gasteiger partial charge in [0.25, 0.3) is 0 Å². The lowest BCUT2D eigenvalue weighted by atomic mass is 10.2. The lowest BCUT2D eigenvalue weighted by Crippen LogP contribution is -2.15. The van der Waals surface area contributed by atoms with E-state index in [4.69, 9.17) is 11.6 Å². The standard InChI is InChI=1S/C12H12ClN3O/c1-8-4-9(13)2-3-11(8)16-12(17)5-10-6-14-7-15-10/h2-4,6-7H,5H2,1H3,(H,14,15)(H,16,17). The molecule has 2 rings (SSSR count). The fourth-order valence-electron chi connectivity index (χ4n) is 1.52. The summed E-state index contributed by atoms with van der Waals surface area (Å²) in [6.45, 7) is 1.90. The lowest BCUT2D eigenvalue weighted by molar-refractivity contribution is -0.115. The zero-order valence-corrected chi connectivity index (χ0v) is 10.1. The molecule has 0 fully saturated rings. The third-order valence-corrected chi connectivity index (χ3v) is 2.60. The molecule has 0 atom stereocenters. The summed E-state index contributed by atoms with van der Waals surface area (Å²) in [7, 11) is 0. The van der Waals surface area contributed by atoms with Gasteiger partial charge in [-0.25, -0.2) is 4.98 Å². The SMILES string of the molecule is Cc1cc(Cl)ccc1NC(=O)Cc1cnc[nH]1. The number of aromatic amines is 1. The molecule has 0 saturated heterocycles. The number of aryl methyl sites for hydroxylation is 1. The van der Waals surface area contributed by atoms with E-state index < -0.39 is 0 Å². The number of rotatable bonds is 3. The van der Waals surface area contributed by atoms with E-state index in [0.29, 0.717) is 5.02 Å². The summed E-state index contributed by atoms with van der Waals surface area (Å²) in [5.41, 5.74) is 2.50. The number of hydrogen-bond acceptors (Lipinski definition) is 2. The van der Waals surface area contributed by atoms with Crippen molar-refractivity contribution in [2.24, 2.45) is 0 Å². The van der Waals surface area contributed by atoms with Gasteiger partial charge in [0, 0.05) is 22.6 Å². The van der Waals surface area contributed by atoms with Crippen LogP contribution in [0.2, 0.25) is 5.02 Å². The molecule has 4 nitrogen and oxygen atoms in total. The average molecular weight is 250 g/mol. The van der Waals surface area contributed by atoms with Crippen molar-refractivity contribution in [3.8, 4) is 0 Å². The fraction of sp³-hybridized carbons (Fsp3) is 0.167. The van der Waals surface area contributed by atoms with Crippen LogP contribution in [0.25, 0.3) is 0 Å². The van der Waals surface area contributed by atoms with Crippen LogP contribution in [-0.2, 0) is 11.2 Å². The Labute approximate surface area is 104 Å². The number of imidazole rings is 1. The number of hydrogen-bond donors (Lipinski definition) is 2. The third-order valence-electron chi connectivity index (χ3n) is 2.37. The Balaban J connectivity index is 2.03. The summed E-state index contributed by atoms with van der Waals surface area (Å²) in [5, 5.41) is 3.49. The number of benzene rings is 1. The van der Waals surface area contributed by atoms with E-state index in [1.807, 2.05) is 13.0 Å². The number of carbonyl (C=O) groups is 1. The summed E-state index contributed by atoms with van der Waals surface area (Å²) in [6.07, 6.45) is 3.46. The molecular formula is C12H12ClN3O. The summed E-state index contributed by atoms with van der Waals surface area (Å²) in [5.74, 6) is -0.0836. The van der Waals surface area contributed by atoms with E-state index in [2.05, 4.69) is 15.3 Å². The molecule has 1 amide bonds. The number of H-pyrrole nitrogens is 1. The van der Waals surface area contributed by atoms with Crippen molar-refractivity contribution in [1.29, 1.82) is 0 Å². The number of nitrogens with one attached hydrogen (secondary N) is 2.